The highest BCUT2D eigenvalue weighted by Crippen LogP contribution is 2.32. The minimum absolute atomic E-state index is 0.157. The Labute approximate surface area is 109 Å². The number of nitrogens with one attached hydrogen (secondary N) is 1. The first-order valence-corrected chi connectivity index (χ1v) is 6.60. The number of aromatic hydroxyl groups is 1. The minimum atomic E-state index is 0.157. The zero-order valence-electron chi connectivity index (χ0n) is 11.3. The van der Waals surface area contributed by atoms with Crippen LogP contribution in [0.15, 0.2) is 36.4 Å². The first-order chi connectivity index (χ1) is 8.63. The first kappa shape index (κ1) is 12.9. The quantitative estimate of drug-likeness (QED) is 0.850. The van der Waals surface area contributed by atoms with E-state index < -0.39 is 0 Å². The third-order valence-corrected chi connectivity index (χ3v) is 3.55. The summed E-state index contributed by atoms with van der Waals surface area (Å²) in [6, 6.07) is 12.6. The topological polar surface area (TPSA) is 32.3 Å². The molecule has 0 aliphatic carbocycles. The Balaban J connectivity index is 2.36. The smallest absolute Gasteiger partial charge is 0.128 e. The molecular formula is C16H21NO. The van der Waals surface area contributed by atoms with Crippen molar-refractivity contribution in [3.8, 4) is 5.75 Å². The van der Waals surface area contributed by atoms with Crippen molar-refractivity contribution in [2.75, 3.05) is 0 Å². The van der Waals surface area contributed by atoms with Gasteiger partial charge in [0.1, 0.15) is 5.75 Å². The van der Waals surface area contributed by atoms with Gasteiger partial charge in [-0.15, -0.1) is 0 Å². The predicted molar refractivity (Wildman–Crippen MR) is 76.9 cm³/mol. The van der Waals surface area contributed by atoms with Gasteiger partial charge in [-0.2, -0.15) is 0 Å². The van der Waals surface area contributed by atoms with Crippen LogP contribution in [-0.4, -0.2) is 11.1 Å². The lowest BCUT2D eigenvalue weighted by atomic mass is 10.0. The molecule has 2 unspecified atom stereocenters. The van der Waals surface area contributed by atoms with Crippen LogP contribution >= 0.6 is 0 Å². The average molecular weight is 243 g/mol. The van der Waals surface area contributed by atoms with Gasteiger partial charge in [0, 0.05) is 23.0 Å². The SMILES string of the molecule is CCC(C)NC(C)c1ccc2ccccc2c1O. The maximum Gasteiger partial charge on any atom is 0.128 e. The van der Waals surface area contributed by atoms with Gasteiger partial charge in [-0.1, -0.05) is 43.3 Å². The minimum Gasteiger partial charge on any atom is -0.507 e. The van der Waals surface area contributed by atoms with E-state index in [9.17, 15) is 5.11 Å². The molecule has 2 heteroatoms. The molecule has 18 heavy (non-hydrogen) atoms. The molecule has 2 N–H and O–H groups in total. The highest BCUT2D eigenvalue weighted by molar-refractivity contribution is 5.89. The Morgan fingerprint density at radius 1 is 1.11 bits per heavy atom. The number of phenolic OH excluding ortho intramolecular Hbond substituents is 1. The molecule has 0 aromatic heterocycles. The second-order valence-corrected chi connectivity index (χ2v) is 4.92. The highest BCUT2D eigenvalue weighted by atomic mass is 16.3. The van der Waals surface area contributed by atoms with Crippen LogP contribution in [0.4, 0.5) is 0 Å². The molecule has 2 aromatic rings. The van der Waals surface area contributed by atoms with Crippen LogP contribution in [0.3, 0.4) is 0 Å². The Morgan fingerprint density at radius 3 is 2.56 bits per heavy atom. The maximum absolute atomic E-state index is 10.4. The van der Waals surface area contributed by atoms with Gasteiger partial charge in [0.15, 0.2) is 0 Å². The molecule has 0 spiro atoms. The Kier molecular flexibility index (Phi) is 3.87. The molecule has 2 rings (SSSR count). The zero-order chi connectivity index (χ0) is 13.1. The Morgan fingerprint density at radius 2 is 1.83 bits per heavy atom. The molecule has 0 heterocycles. The number of fused-ring (bicyclic) bond motifs is 1. The van der Waals surface area contributed by atoms with Crippen LogP contribution < -0.4 is 5.32 Å². The summed E-state index contributed by atoms with van der Waals surface area (Å²) >= 11 is 0. The van der Waals surface area contributed by atoms with E-state index in [1.54, 1.807) is 0 Å². The van der Waals surface area contributed by atoms with Gasteiger partial charge in [-0.05, 0) is 25.7 Å². The van der Waals surface area contributed by atoms with Crippen LogP contribution in [0.25, 0.3) is 10.8 Å². The van der Waals surface area contributed by atoms with E-state index >= 15 is 0 Å². The molecule has 0 amide bonds. The second-order valence-electron chi connectivity index (χ2n) is 4.92. The van der Waals surface area contributed by atoms with Gasteiger partial charge in [0.2, 0.25) is 0 Å². The summed E-state index contributed by atoms with van der Waals surface area (Å²) in [5.41, 5.74) is 0.967. The number of hydrogen-bond acceptors (Lipinski definition) is 2. The van der Waals surface area contributed by atoms with Gasteiger partial charge in [0.25, 0.3) is 0 Å². The summed E-state index contributed by atoms with van der Waals surface area (Å²) < 4.78 is 0. The lowest BCUT2D eigenvalue weighted by molar-refractivity contribution is 0.434. The lowest BCUT2D eigenvalue weighted by Gasteiger charge is -2.20. The van der Waals surface area contributed by atoms with E-state index in [0.29, 0.717) is 11.8 Å². The average Bonchev–Trinajstić information content (AvgIpc) is 2.39. The van der Waals surface area contributed by atoms with E-state index in [1.165, 1.54) is 0 Å². The van der Waals surface area contributed by atoms with Crippen molar-refractivity contribution in [1.82, 2.24) is 5.32 Å². The van der Waals surface area contributed by atoms with Crippen LogP contribution in [0, 0.1) is 0 Å². The van der Waals surface area contributed by atoms with Crippen LogP contribution in [0.2, 0.25) is 0 Å². The zero-order valence-corrected chi connectivity index (χ0v) is 11.3. The van der Waals surface area contributed by atoms with Crippen molar-refractivity contribution in [2.24, 2.45) is 0 Å². The number of hydrogen-bond donors (Lipinski definition) is 2. The van der Waals surface area contributed by atoms with Gasteiger partial charge < -0.3 is 10.4 Å². The highest BCUT2D eigenvalue weighted by Gasteiger charge is 2.13. The van der Waals surface area contributed by atoms with Crippen LogP contribution in [0.5, 0.6) is 5.75 Å². The molecule has 0 aliphatic heterocycles. The molecule has 0 aliphatic rings. The molecule has 96 valence electrons. The third-order valence-electron chi connectivity index (χ3n) is 3.55. The molecule has 2 aromatic carbocycles. The van der Waals surface area contributed by atoms with Gasteiger partial charge in [-0.25, -0.2) is 0 Å². The van der Waals surface area contributed by atoms with Crippen molar-refractivity contribution in [2.45, 2.75) is 39.3 Å². The van der Waals surface area contributed by atoms with E-state index in [1.807, 2.05) is 30.3 Å². The molecule has 2 atom stereocenters. The Hall–Kier alpha value is -1.54. The predicted octanol–water partition coefficient (Wildman–Crippen LogP) is 3.99. The van der Waals surface area contributed by atoms with Crippen molar-refractivity contribution in [3.05, 3.63) is 42.0 Å². The normalized spacial score (nSPS) is 14.6. The molecule has 0 saturated carbocycles. The Bertz CT molecular complexity index is 536. The molecule has 0 bridgehead atoms. The van der Waals surface area contributed by atoms with Crippen molar-refractivity contribution in [3.63, 3.8) is 0 Å². The summed E-state index contributed by atoms with van der Waals surface area (Å²) in [5.74, 6) is 0.399. The number of benzene rings is 2. The molecule has 0 saturated heterocycles. The summed E-state index contributed by atoms with van der Waals surface area (Å²) in [6.07, 6.45) is 1.08. The fourth-order valence-electron chi connectivity index (χ4n) is 2.26. The third kappa shape index (κ3) is 2.49. The fourth-order valence-corrected chi connectivity index (χ4v) is 2.26. The van der Waals surface area contributed by atoms with Crippen molar-refractivity contribution in [1.29, 1.82) is 0 Å². The second kappa shape index (κ2) is 5.40. The van der Waals surface area contributed by atoms with E-state index in [0.717, 1.165) is 22.8 Å². The van der Waals surface area contributed by atoms with Gasteiger partial charge >= 0.3 is 0 Å². The first-order valence-electron chi connectivity index (χ1n) is 6.60. The largest absolute Gasteiger partial charge is 0.507 e. The fraction of sp³-hybridized carbons (Fsp3) is 0.375. The summed E-state index contributed by atoms with van der Waals surface area (Å²) in [7, 11) is 0. The van der Waals surface area contributed by atoms with Crippen molar-refractivity contribution < 1.29 is 5.11 Å². The molecule has 0 fully saturated rings. The standard InChI is InChI=1S/C16H21NO/c1-4-11(2)17-12(3)14-10-9-13-7-5-6-8-15(13)16(14)18/h5-12,17-18H,4H2,1-3H3. The summed E-state index contributed by atoms with van der Waals surface area (Å²) in [5, 5.41) is 15.9. The lowest BCUT2D eigenvalue weighted by Crippen LogP contribution is -2.28. The van der Waals surface area contributed by atoms with Crippen molar-refractivity contribution >= 4 is 10.8 Å². The monoisotopic (exact) mass is 243 g/mol. The molecular weight excluding hydrogens is 222 g/mol. The van der Waals surface area contributed by atoms with E-state index in [-0.39, 0.29) is 6.04 Å². The summed E-state index contributed by atoms with van der Waals surface area (Å²) in [4.78, 5) is 0. The maximum atomic E-state index is 10.4. The number of phenols is 1. The van der Waals surface area contributed by atoms with Crippen LogP contribution in [0.1, 0.15) is 38.8 Å². The molecule has 0 radical (unpaired) electrons. The summed E-state index contributed by atoms with van der Waals surface area (Å²) in [6.45, 7) is 6.41. The van der Waals surface area contributed by atoms with Gasteiger partial charge in [-0.3, -0.25) is 0 Å². The van der Waals surface area contributed by atoms with E-state index in [2.05, 4.69) is 32.2 Å². The molecule has 2 nitrogen and oxygen atoms in total. The van der Waals surface area contributed by atoms with Crippen LogP contribution in [-0.2, 0) is 0 Å². The van der Waals surface area contributed by atoms with Gasteiger partial charge in [0.05, 0.1) is 0 Å². The van der Waals surface area contributed by atoms with E-state index in [4.69, 9.17) is 0 Å². The number of rotatable bonds is 4.